The zero-order chi connectivity index (χ0) is 56.0. The predicted molar refractivity (Wildman–Crippen MR) is 306 cm³/mol. The summed E-state index contributed by atoms with van der Waals surface area (Å²) in [6.45, 7) is 17.0. The summed E-state index contributed by atoms with van der Waals surface area (Å²) in [6.07, 6.45) is 1.87. The van der Waals surface area contributed by atoms with E-state index in [4.69, 9.17) is 17.9 Å². The van der Waals surface area contributed by atoms with E-state index in [1.54, 1.807) is 36.4 Å². The average Bonchev–Trinajstić information content (AvgIpc) is 4.15. The second-order valence-electron chi connectivity index (χ2n) is 22.2. The van der Waals surface area contributed by atoms with Gasteiger partial charge in [-0.3, -0.25) is 0 Å². The first-order valence-electron chi connectivity index (χ1n) is 28.0. The van der Waals surface area contributed by atoms with Crippen LogP contribution in [0, 0.1) is 32.5 Å². The molecule has 0 saturated heterocycles. The molecule has 1 aliphatic heterocycles. The molecule has 0 bridgehead atoms. The van der Waals surface area contributed by atoms with Gasteiger partial charge in [0.2, 0.25) is 0 Å². The summed E-state index contributed by atoms with van der Waals surface area (Å²) < 4.78 is 60.7. The van der Waals surface area contributed by atoms with Gasteiger partial charge < -0.3 is 19.1 Å². The second kappa shape index (κ2) is 19.3. The number of aryl methyl sites for hydroxylation is 2. The van der Waals surface area contributed by atoms with Crippen molar-refractivity contribution in [1.82, 2.24) is 9.55 Å². The van der Waals surface area contributed by atoms with E-state index < -0.39 is 13.7 Å². The van der Waals surface area contributed by atoms with Crippen molar-refractivity contribution in [3.63, 3.8) is 0 Å². The molecule has 1 aliphatic rings. The number of hydrogen-bond donors (Lipinski definition) is 0. The van der Waals surface area contributed by atoms with Gasteiger partial charge >= 0.3 is 0 Å². The van der Waals surface area contributed by atoms with Gasteiger partial charge in [-0.05, 0) is 116 Å². The molecule has 2 aromatic heterocycles. The van der Waals surface area contributed by atoms with Crippen LogP contribution < -0.4 is 14.5 Å². The van der Waals surface area contributed by atoms with Crippen molar-refractivity contribution >= 4 is 44.6 Å². The Bertz CT molecular complexity index is 3960. The number of aromatic nitrogens is 2. The first-order chi connectivity index (χ1) is 37.3. The Kier molecular flexibility index (Phi) is 11.2. The van der Waals surface area contributed by atoms with E-state index in [1.165, 1.54) is 16.7 Å². The van der Waals surface area contributed by atoms with Gasteiger partial charge in [0, 0.05) is 80.7 Å². The first-order valence-corrected chi connectivity index (χ1v) is 25.0. The zero-order valence-corrected chi connectivity index (χ0v) is 45.6. The van der Waals surface area contributed by atoms with Gasteiger partial charge in [-0.1, -0.05) is 177 Å². The third kappa shape index (κ3) is 9.37. The van der Waals surface area contributed by atoms with Crippen LogP contribution in [-0.4, -0.2) is 9.55 Å². The van der Waals surface area contributed by atoms with E-state index in [-0.39, 0.29) is 48.4 Å². The van der Waals surface area contributed by atoms with E-state index in [0.29, 0.717) is 28.2 Å². The molecule has 0 radical (unpaired) electrons. The number of ether oxygens (including phenoxy) is 1. The number of fused-ring (bicyclic) bond motifs is 4. The summed E-state index contributed by atoms with van der Waals surface area (Å²) in [4.78, 5) is 9.16. The van der Waals surface area contributed by atoms with Crippen molar-refractivity contribution in [2.24, 2.45) is 0 Å². The fraction of sp³-hybridized carbons (Fsp3) is 0.206. The Morgan fingerprint density at radius 1 is 0.500 bits per heavy atom. The van der Waals surface area contributed by atoms with Gasteiger partial charge in [-0.25, -0.2) is 4.98 Å². The van der Waals surface area contributed by atoms with Gasteiger partial charge in [0.1, 0.15) is 5.82 Å². The van der Waals surface area contributed by atoms with Gasteiger partial charge in [-0.2, -0.15) is 12.1 Å². The normalized spacial score (nSPS) is 14.4. The maximum Gasteiger partial charge on any atom is 0.135 e. The molecule has 11 rings (SSSR count). The molecule has 74 heavy (non-hydrogen) atoms. The maximum absolute atomic E-state index is 8.90. The van der Waals surface area contributed by atoms with Crippen molar-refractivity contribution in [3.05, 3.63) is 223 Å². The van der Waals surface area contributed by atoms with Crippen molar-refractivity contribution in [3.8, 4) is 50.7 Å². The molecule has 0 N–H and O–H groups in total. The van der Waals surface area contributed by atoms with Crippen LogP contribution >= 0.6 is 0 Å². The molecule has 0 amide bonds. The molecule has 0 unspecified atom stereocenters. The average molecular weight is 1150 g/mol. The number of pyridine rings is 1. The number of hydrogen-bond acceptors (Lipinski definition) is 4. The van der Waals surface area contributed by atoms with E-state index >= 15 is 0 Å². The Balaban J connectivity index is 0.00000720. The maximum atomic E-state index is 8.90. The van der Waals surface area contributed by atoms with Gasteiger partial charge in [0.15, 0.2) is 0 Å². The molecule has 0 saturated carbocycles. The Hall–Kier alpha value is -7.20. The number of rotatable bonds is 8. The predicted octanol–water partition coefficient (Wildman–Crippen LogP) is 18.5. The van der Waals surface area contributed by atoms with Crippen molar-refractivity contribution < 1.29 is 34.0 Å². The van der Waals surface area contributed by atoms with Crippen molar-refractivity contribution in [2.75, 3.05) is 9.80 Å². The van der Waals surface area contributed by atoms with Gasteiger partial charge in [-0.15, -0.1) is 48.1 Å². The molecule has 5 nitrogen and oxygen atoms in total. The molecule has 10 aromatic rings. The minimum absolute atomic E-state index is 0. The first kappa shape index (κ1) is 43.2. The molecule has 6 heteroatoms. The minimum Gasteiger partial charge on any atom is -0.509 e. The van der Waals surface area contributed by atoms with Crippen LogP contribution in [0.1, 0.15) is 98.4 Å². The fourth-order valence-electron chi connectivity index (χ4n) is 10.00. The van der Waals surface area contributed by atoms with Crippen LogP contribution in [0.2, 0.25) is 0 Å². The third-order valence-electron chi connectivity index (χ3n) is 14.1. The van der Waals surface area contributed by atoms with E-state index in [1.807, 2.05) is 66.9 Å². The molecule has 374 valence electrons. The van der Waals surface area contributed by atoms with E-state index in [0.717, 1.165) is 67.1 Å². The Labute approximate surface area is 461 Å². The summed E-state index contributed by atoms with van der Waals surface area (Å²) in [7, 11) is 0. The quantitative estimate of drug-likeness (QED) is 0.142. The SMILES string of the molecule is [2H]C([2H])([2H])c1ccccc1-c1ccc(-c2cccc(-c3cc(C(C)(C)C)cc(C(C)(C)C)c3)c2N2[CH-]N(c3[c-]c(Oc4[c-]c5c(cc4)c4ccccc4n5-c4cc(C(C)(C)C)ccn4)ccc3)c3ccccc32)cc1C([2H])([2H])[2H].[Pt]. The molecule has 3 heterocycles. The molecule has 8 aromatic carbocycles. The van der Waals surface area contributed by atoms with Crippen molar-refractivity contribution in [2.45, 2.75) is 92.3 Å². The van der Waals surface area contributed by atoms with Gasteiger partial charge in [0.05, 0.1) is 0 Å². The van der Waals surface area contributed by atoms with Crippen LogP contribution in [0.5, 0.6) is 11.5 Å². The van der Waals surface area contributed by atoms with E-state index in [9.17, 15) is 0 Å². The molecular formula is C68H63N4OPt-3. The van der Waals surface area contributed by atoms with Crippen LogP contribution in [-0.2, 0) is 37.3 Å². The summed E-state index contributed by atoms with van der Waals surface area (Å²) in [5.41, 5.74) is 12.7. The number of para-hydroxylation sites is 4. The molecule has 0 spiro atoms. The van der Waals surface area contributed by atoms with Crippen LogP contribution in [0.25, 0.3) is 61.0 Å². The van der Waals surface area contributed by atoms with Crippen LogP contribution in [0.4, 0.5) is 22.7 Å². The molecule has 0 fully saturated rings. The number of nitrogens with zero attached hydrogens (tertiary/aromatic N) is 4. The fourth-order valence-corrected chi connectivity index (χ4v) is 10.00. The summed E-state index contributed by atoms with van der Waals surface area (Å²) in [5, 5.41) is 2.13. The third-order valence-corrected chi connectivity index (χ3v) is 14.1. The summed E-state index contributed by atoms with van der Waals surface area (Å²) in [5.74, 6) is 1.83. The number of anilines is 4. The molecular weight excluding hydrogens is 1080 g/mol. The number of benzene rings is 8. The molecule has 0 aliphatic carbocycles. The second-order valence-corrected chi connectivity index (χ2v) is 22.2. The van der Waals surface area contributed by atoms with Crippen molar-refractivity contribution in [1.29, 1.82) is 0 Å². The van der Waals surface area contributed by atoms with Crippen LogP contribution in [0.15, 0.2) is 176 Å². The minimum atomic E-state index is -2.59. The standard InChI is InChI=1S/C68H63N4O.Pt/c1-44-20-12-13-23-54(44)55-32-30-46(36-45(55)2)56-25-19-26-57(47-37-49(67(6,7)8)39-50(38-47)68(9,10)11)65(56)71-43-70(61-28-16-17-29-62(61)71)51-21-18-22-52(41-51)73-53-31-33-59-58-24-14-15-27-60(58)72(63(59)42-53)64-40-48(34-35-69-64)66(3,4)5;/h12-40,43H,1-11H3;/q-3;/i1D3,2D3;. The van der Waals surface area contributed by atoms with Gasteiger partial charge in [0.25, 0.3) is 0 Å². The zero-order valence-electron chi connectivity index (χ0n) is 49.3. The summed E-state index contributed by atoms with van der Waals surface area (Å²) in [6, 6.07) is 63.1. The Morgan fingerprint density at radius 2 is 1.12 bits per heavy atom. The summed E-state index contributed by atoms with van der Waals surface area (Å²) >= 11 is 0. The Morgan fingerprint density at radius 3 is 1.85 bits per heavy atom. The smallest absolute Gasteiger partial charge is 0.135 e. The van der Waals surface area contributed by atoms with E-state index in [2.05, 4.69) is 168 Å². The largest absolute Gasteiger partial charge is 0.509 e. The van der Waals surface area contributed by atoms with Crippen LogP contribution in [0.3, 0.4) is 0 Å². The molecule has 0 atom stereocenters. The topological polar surface area (TPSA) is 33.5 Å². The monoisotopic (exact) mass is 1150 g/mol.